The summed E-state index contributed by atoms with van der Waals surface area (Å²) in [5.41, 5.74) is 8.33. The minimum Gasteiger partial charge on any atom is -0.366 e. The highest BCUT2D eigenvalue weighted by molar-refractivity contribution is 9.10. The number of para-hydroxylation sites is 1. The first kappa shape index (κ1) is 13.1. The Morgan fingerprint density at radius 2 is 1.83 bits per heavy atom. The van der Waals surface area contributed by atoms with Crippen molar-refractivity contribution in [3.8, 4) is 0 Å². The second-order valence-electron chi connectivity index (χ2n) is 4.25. The summed E-state index contributed by atoms with van der Waals surface area (Å²) < 4.78 is 1.08. The van der Waals surface area contributed by atoms with Crippen molar-refractivity contribution in [2.24, 2.45) is 5.73 Å². The van der Waals surface area contributed by atoms with Crippen LogP contribution in [0.1, 0.15) is 11.6 Å². The molecule has 18 heavy (non-hydrogen) atoms. The molecule has 0 amide bonds. The van der Waals surface area contributed by atoms with Gasteiger partial charge in [0.25, 0.3) is 0 Å². The lowest BCUT2D eigenvalue weighted by Gasteiger charge is -2.29. The summed E-state index contributed by atoms with van der Waals surface area (Å²) in [6, 6.07) is 18.8. The highest BCUT2D eigenvalue weighted by Gasteiger charge is 2.15. The van der Waals surface area contributed by atoms with E-state index in [1.54, 1.807) is 0 Å². The second-order valence-corrected chi connectivity index (χ2v) is 5.17. The number of likely N-dealkylation sites (N-methyl/N-ethyl adjacent to an activating group) is 1. The Bertz CT molecular complexity index is 499. The van der Waals surface area contributed by atoms with Gasteiger partial charge in [0, 0.05) is 23.8 Å². The molecule has 0 aliphatic heterocycles. The molecule has 2 aromatic rings. The summed E-state index contributed by atoms with van der Waals surface area (Å²) >= 11 is 3.51. The molecular weight excluding hydrogens is 288 g/mol. The van der Waals surface area contributed by atoms with E-state index in [9.17, 15) is 0 Å². The molecule has 0 aromatic heterocycles. The van der Waals surface area contributed by atoms with Crippen LogP contribution in [0, 0.1) is 0 Å². The Morgan fingerprint density at radius 1 is 1.11 bits per heavy atom. The maximum atomic E-state index is 5.94. The normalized spacial score (nSPS) is 12.2. The average Bonchev–Trinajstić information content (AvgIpc) is 2.40. The van der Waals surface area contributed by atoms with Crippen molar-refractivity contribution in [1.82, 2.24) is 0 Å². The SMILES string of the molecule is CN(c1ccccc1)C(CN)c1cccc(Br)c1. The minimum atomic E-state index is 0.185. The number of nitrogens with zero attached hydrogens (tertiary/aromatic N) is 1. The molecular formula is C15H17BrN2. The zero-order valence-electron chi connectivity index (χ0n) is 10.4. The van der Waals surface area contributed by atoms with Crippen LogP contribution in [0.25, 0.3) is 0 Å². The molecule has 2 N–H and O–H groups in total. The summed E-state index contributed by atoms with van der Waals surface area (Å²) in [7, 11) is 2.08. The molecule has 0 bridgehead atoms. The predicted octanol–water partition coefficient (Wildman–Crippen LogP) is 3.59. The Hall–Kier alpha value is -1.32. The number of hydrogen-bond donors (Lipinski definition) is 1. The Balaban J connectivity index is 2.29. The monoisotopic (exact) mass is 304 g/mol. The summed E-state index contributed by atoms with van der Waals surface area (Å²) in [6.45, 7) is 0.585. The molecule has 0 saturated heterocycles. The van der Waals surface area contributed by atoms with E-state index < -0.39 is 0 Å². The van der Waals surface area contributed by atoms with Gasteiger partial charge in [-0.3, -0.25) is 0 Å². The van der Waals surface area contributed by atoms with E-state index >= 15 is 0 Å². The second kappa shape index (κ2) is 6.03. The largest absolute Gasteiger partial charge is 0.366 e. The predicted molar refractivity (Wildman–Crippen MR) is 80.8 cm³/mol. The smallest absolute Gasteiger partial charge is 0.0661 e. The van der Waals surface area contributed by atoms with Crippen molar-refractivity contribution in [2.45, 2.75) is 6.04 Å². The van der Waals surface area contributed by atoms with Crippen molar-refractivity contribution >= 4 is 21.6 Å². The van der Waals surface area contributed by atoms with Gasteiger partial charge in [-0.05, 0) is 29.8 Å². The van der Waals surface area contributed by atoms with Crippen molar-refractivity contribution in [3.63, 3.8) is 0 Å². The molecule has 94 valence electrons. The zero-order valence-corrected chi connectivity index (χ0v) is 12.0. The van der Waals surface area contributed by atoms with Crippen LogP contribution in [0.4, 0.5) is 5.69 Å². The van der Waals surface area contributed by atoms with Crippen LogP contribution >= 0.6 is 15.9 Å². The van der Waals surface area contributed by atoms with Crippen LogP contribution in [0.15, 0.2) is 59.1 Å². The maximum absolute atomic E-state index is 5.94. The van der Waals surface area contributed by atoms with Gasteiger partial charge in [-0.2, -0.15) is 0 Å². The average molecular weight is 305 g/mol. The van der Waals surface area contributed by atoms with Gasteiger partial charge in [-0.25, -0.2) is 0 Å². The van der Waals surface area contributed by atoms with Gasteiger partial charge in [0.2, 0.25) is 0 Å². The van der Waals surface area contributed by atoms with E-state index in [1.807, 2.05) is 30.3 Å². The standard InChI is InChI=1S/C15H17BrN2/c1-18(14-8-3-2-4-9-14)15(11-17)12-6-5-7-13(16)10-12/h2-10,15H,11,17H2,1H3. The Kier molecular flexibility index (Phi) is 4.39. The van der Waals surface area contributed by atoms with Crippen LogP contribution in [-0.4, -0.2) is 13.6 Å². The summed E-state index contributed by atoms with van der Waals surface area (Å²) in [5, 5.41) is 0. The van der Waals surface area contributed by atoms with Gasteiger partial charge in [-0.1, -0.05) is 46.3 Å². The van der Waals surface area contributed by atoms with Gasteiger partial charge in [0.15, 0.2) is 0 Å². The fourth-order valence-corrected chi connectivity index (χ4v) is 2.49. The first-order valence-electron chi connectivity index (χ1n) is 5.96. The lowest BCUT2D eigenvalue weighted by Crippen LogP contribution is -2.30. The molecule has 1 atom stereocenters. The van der Waals surface area contributed by atoms with E-state index in [1.165, 1.54) is 11.3 Å². The number of benzene rings is 2. The minimum absolute atomic E-state index is 0.185. The van der Waals surface area contributed by atoms with Crippen LogP contribution in [-0.2, 0) is 0 Å². The topological polar surface area (TPSA) is 29.3 Å². The molecule has 0 spiro atoms. The fraction of sp³-hybridized carbons (Fsp3) is 0.200. The summed E-state index contributed by atoms with van der Waals surface area (Å²) in [4.78, 5) is 2.21. The van der Waals surface area contributed by atoms with Crippen molar-refractivity contribution in [3.05, 3.63) is 64.6 Å². The van der Waals surface area contributed by atoms with Gasteiger partial charge in [0.05, 0.1) is 6.04 Å². The third-order valence-electron chi connectivity index (χ3n) is 3.09. The number of rotatable bonds is 4. The van der Waals surface area contributed by atoms with E-state index in [0.717, 1.165) is 4.47 Å². The molecule has 0 saturated carbocycles. The highest BCUT2D eigenvalue weighted by atomic mass is 79.9. The molecule has 0 heterocycles. The third kappa shape index (κ3) is 2.92. The van der Waals surface area contributed by atoms with Gasteiger partial charge < -0.3 is 10.6 Å². The van der Waals surface area contributed by atoms with E-state index in [-0.39, 0.29) is 6.04 Å². The van der Waals surface area contributed by atoms with Crippen LogP contribution < -0.4 is 10.6 Å². The lowest BCUT2D eigenvalue weighted by atomic mass is 10.1. The first-order chi connectivity index (χ1) is 8.72. The van der Waals surface area contributed by atoms with Gasteiger partial charge in [0.1, 0.15) is 0 Å². The van der Waals surface area contributed by atoms with Gasteiger partial charge >= 0.3 is 0 Å². The fourth-order valence-electron chi connectivity index (χ4n) is 2.07. The number of nitrogens with two attached hydrogens (primary N) is 1. The van der Waals surface area contributed by atoms with Crippen LogP contribution in [0.5, 0.6) is 0 Å². The molecule has 2 nitrogen and oxygen atoms in total. The lowest BCUT2D eigenvalue weighted by molar-refractivity contribution is 0.680. The van der Waals surface area contributed by atoms with Gasteiger partial charge in [-0.15, -0.1) is 0 Å². The number of anilines is 1. The van der Waals surface area contributed by atoms with Crippen LogP contribution in [0.2, 0.25) is 0 Å². The number of halogens is 1. The summed E-state index contributed by atoms with van der Waals surface area (Å²) in [6.07, 6.45) is 0. The van der Waals surface area contributed by atoms with E-state index in [4.69, 9.17) is 5.73 Å². The zero-order chi connectivity index (χ0) is 13.0. The Labute approximate surface area is 117 Å². The van der Waals surface area contributed by atoms with Crippen molar-refractivity contribution in [2.75, 3.05) is 18.5 Å². The van der Waals surface area contributed by atoms with Crippen LogP contribution in [0.3, 0.4) is 0 Å². The molecule has 1 unspecified atom stereocenters. The molecule has 2 rings (SSSR count). The maximum Gasteiger partial charge on any atom is 0.0661 e. The molecule has 0 aliphatic carbocycles. The number of hydrogen-bond acceptors (Lipinski definition) is 2. The Morgan fingerprint density at radius 3 is 2.44 bits per heavy atom. The van der Waals surface area contributed by atoms with Crippen molar-refractivity contribution < 1.29 is 0 Å². The summed E-state index contributed by atoms with van der Waals surface area (Å²) in [5.74, 6) is 0. The quantitative estimate of drug-likeness (QED) is 0.935. The molecule has 2 aromatic carbocycles. The molecule has 0 radical (unpaired) electrons. The van der Waals surface area contributed by atoms with Crippen molar-refractivity contribution in [1.29, 1.82) is 0 Å². The third-order valence-corrected chi connectivity index (χ3v) is 3.58. The first-order valence-corrected chi connectivity index (χ1v) is 6.75. The molecule has 0 fully saturated rings. The molecule has 0 aliphatic rings. The highest BCUT2D eigenvalue weighted by Crippen LogP contribution is 2.26. The molecule has 3 heteroatoms. The van der Waals surface area contributed by atoms with E-state index in [0.29, 0.717) is 6.54 Å². The van der Waals surface area contributed by atoms with E-state index in [2.05, 4.69) is 52.1 Å².